The zero-order valence-corrected chi connectivity index (χ0v) is 12.7. The van der Waals surface area contributed by atoms with Gasteiger partial charge in [0.2, 0.25) is 5.91 Å². The van der Waals surface area contributed by atoms with Gasteiger partial charge in [-0.15, -0.1) is 0 Å². The van der Waals surface area contributed by atoms with E-state index in [-0.39, 0.29) is 11.9 Å². The maximum atomic E-state index is 12.2. The molecule has 3 heteroatoms. The van der Waals surface area contributed by atoms with Crippen molar-refractivity contribution in [3.05, 3.63) is 0 Å². The van der Waals surface area contributed by atoms with Gasteiger partial charge in [-0.2, -0.15) is 0 Å². The molecule has 2 fully saturated rings. The molecule has 0 spiro atoms. The molecule has 3 nitrogen and oxygen atoms in total. The molecule has 0 bridgehead atoms. The van der Waals surface area contributed by atoms with Crippen molar-refractivity contribution in [1.82, 2.24) is 5.32 Å². The van der Waals surface area contributed by atoms with Crippen LogP contribution in [-0.2, 0) is 4.79 Å². The molecule has 2 aliphatic carbocycles. The van der Waals surface area contributed by atoms with Gasteiger partial charge in [-0.05, 0) is 55.3 Å². The van der Waals surface area contributed by atoms with Crippen molar-refractivity contribution in [2.24, 2.45) is 28.9 Å². The highest BCUT2D eigenvalue weighted by molar-refractivity contribution is 5.76. The van der Waals surface area contributed by atoms with E-state index in [0.717, 1.165) is 5.92 Å². The van der Waals surface area contributed by atoms with Crippen LogP contribution < -0.4 is 11.1 Å². The van der Waals surface area contributed by atoms with Crippen molar-refractivity contribution >= 4 is 5.91 Å². The maximum Gasteiger partial charge on any atom is 0.220 e. The Morgan fingerprint density at radius 3 is 2.58 bits per heavy atom. The summed E-state index contributed by atoms with van der Waals surface area (Å²) in [4.78, 5) is 12.2. The predicted octanol–water partition coefficient (Wildman–Crippen LogP) is 2.69. The summed E-state index contributed by atoms with van der Waals surface area (Å²) in [5.41, 5.74) is 6.14. The van der Waals surface area contributed by atoms with Gasteiger partial charge in [0.1, 0.15) is 0 Å². The zero-order chi connectivity index (χ0) is 14.0. The molecule has 2 rings (SSSR count). The molecule has 2 aliphatic rings. The van der Waals surface area contributed by atoms with E-state index < -0.39 is 0 Å². The number of nitrogens with one attached hydrogen (secondary N) is 1. The topological polar surface area (TPSA) is 55.1 Å². The van der Waals surface area contributed by atoms with E-state index in [2.05, 4.69) is 26.1 Å². The van der Waals surface area contributed by atoms with Gasteiger partial charge < -0.3 is 11.1 Å². The molecule has 2 saturated carbocycles. The normalized spacial score (nSPS) is 31.8. The second kappa shape index (κ2) is 5.82. The van der Waals surface area contributed by atoms with E-state index in [4.69, 9.17) is 5.73 Å². The van der Waals surface area contributed by atoms with Crippen LogP contribution in [0.1, 0.15) is 59.3 Å². The van der Waals surface area contributed by atoms with E-state index in [1.54, 1.807) is 0 Å². The molecule has 0 radical (unpaired) electrons. The van der Waals surface area contributed by atoms with Crippen molar-refractivity contribution in [2.45, 2.75) is 65.3 Å². The Labute approximate surface area is 117 Å². The highest BCUT2D eigenvalue weighted by Crippen LogP contribution is 2.42. The van der Waals surface area contributed by atoms with Crippen molar-refractivity contribution in [3.63, 3.8) is 0 Å². The minimum absolute atomic E-state index is 0.220. The summed E-state index contributed by atoms with van der Waals surface area (Å²) in [5, 5.41) is 3.15. The van der Waals surface area contributed by atoms with Gasteiger partial charge in [0, 0.05) is 19.0 Å². The Morgan fingerprint density at radius 2 is 2.05 bits per heavy atom. The average molecular weight is 266 g/mol. The van der Waals surface area contributed by atoms with Crippen LogP contribution in [0.25, 0.3) is 0 Å². The summed E-state index contributed by atoms with van der Waals surface area (Å²) >= 11 is 0. The van der Waals surface area contributed by atoms with Gasteiger partial charge in [-0.3, -0.25) is 4.79 Å². The molecule has 0 saturated heterocycles. The smallest absolute Gasteiger partial charge is 0.220 e. The number of hydrogen-bond donors (Lipinski definition) is 2. The Bertz CT molecular complexity index is 323. The molecule has 19 heavy (non-hydrogen) atoms. The first-order valence-electron chi connectivity index (χ1n) is 7.89. The van der Waals surface area contributed by atoms with Crippen molar-refractivity contribution in [3.8, 4) is 0 Å². The lowest BCUT2D eigenvalue weighted by atomic mass is 9.67. The fraction of sp³-hybridized carbons (Fsp3) is 0.938. The van der Waals surface area contributed by atoms with Crippen LogP contribution in [0.15, 0.2) is 0 Å². The lowest BCUT2D eigenvalue weighted by Crippen LogP contribution is -2.43. The fourth-order valence-corrected chi connectivity index (χ4v) is 4.10. The predicted molar refractivity (Wildman–Crippen MR) is 78.6 cm³/mol. The third kappa shape index (κ3) is 4.48. The SMILES string of the molecule is CC1CC(CC(=O)NC(CN)C2CC2)CC(C)(C)C1. The Balaban J connectivity index is 1.81. The molecular formula is C16H30N2O. The largest absolute Gasteiger partial charge is 0.352 e. The van der Waals surface area contributed by atoms with Crippen LogP contribution in [-0.4, -0.2) is 18.5 Å². The number of nitrogens with two attached hydrogens (primary N) is 1. The van der Waals surface area contributed by atoms with Crippen LogP contribution in [0.3, 0.4) is 0 Å². The third-order valence-electron chi connectivity index (χ3n) is 4.74. The van der Waals surface area contributed by atoms with Crippen LogP contribution in [0.5, 0.6) is 0 Å². The van der Waals surface area contributed by atoms with E-state index >= 15 is 0 Å². The maximum absolute atomic E-state index is 12.2. The number of rotatable bonds is 5. The fourth-order valence-electron chi connectivity index (χ4n) is 4.10. The lowest BCUT2D eigenvalue weighted by molar-refractivity contribution is -0.123. The molecule has 0 aromatic heterocycles. The lowest BCUT2D eigenvalue weighted by Gasteiger charge is -2.39. The molecule has 0 heterocycles. The van der Waals surface area contributed by atoms with E-state index in [1.807, 2.05) is 0 Å². The molecule has 0 aromatic carbocycles. The Morgan fingerprint density at radius 1 is 1.37 bits per heavy atom. The van der Waals surface area contributed by atoms with Crippen LogP contribution >= 0.6 is 0 Å². The van der Waals surface area contributed by atoms with E-state index in [9.17, 15) is 4.79 Å². The number of amides is 1. The standard InChI is InChI=1S/C16H30N2O/c1-11-6-12(9-16(2,3)8-11)7-15(19)18-14(10-17)13-4-5-13/h11-14H,4-10,17H2,1-3H3,(H,18,19). The summed E-state index contributed by atoms with van der Waals surface area (Å²) in [6, 6.07) is 0.224. The van der Waals surface area contributed by atoms with E-state index in [1.165, 1.54) is 32.1 Å². The summed E-state index contributed by atoms with van der Waals surface area (Å²) < 4.78 is 0. The molecular weight excluding hydrogens is 236 g/mol. The molecule has 3 atom stereocenters. The average Bonchev–Trinajstić information content (AvgIpc) is 3.06. The number of carbonyl (C=O) groups is 1. The summed E-state index contributed by atoms with van der Waals surface area (Å²) in [6.45, 7) is 7.57. The Kier molecular flexibility index (Phi) is 4.54. The first kappa shape index (κ1) is 14.8. The molecule has 1 amide bonds. The summed E-state index contributed by atoms with van der Waals surface area (Å²) in [6.07, 6.45) is 6.83. The van der Waals surface area contributed by atoms with Crippen LogP contribution in [0, 0.1) is 23.2 Å². The van der Waals surface area contributed by atoms with Gasteiger partial charge >= 0.3 is 0 Å². The van der Waals surface area contributed by atoms with Crippen molar-refractivity contribution < 1.29 is 4.79 Å². The van der Waals surface area contributed by atoms with Gasteiger partial charge in [-0.1, -0.05) is 20.8 Å². The molecule has 3 unspecified atom stereocenters. The first-order valence-corrected chi connectivity index (χ1v) is 7.89. The number of carbonyl (C=O) groups excluding carboxylic acids is 1. The van der Waals surface area contributed by atoms with Crippen LogP contribution in [0.2, 0.25) is 0 Å². The van der Waals surface area contributed by atoms with Crippen molar-refractivity contribution in [1.29, 1.82) is 0 Å². The molecule has 3 N–H and O–H groups in total. The minimum Gasteiger partial charge on any atom is -0.352 e. The van der Waals surface area contributed by atoms with E-state index in [0.29, 0.717) is 30.2 Å². The highest BCUT2D eigenvalue weighted by Gasteiger charge is 2.34. The highest BCUT2D eigenvalue weighted by atomic mass is 16.1. The molecule has 0 aliphatic heterocycles. The zero-order valence-electron chi connectivity index (χ0n) is 12.7. The molecule has 0 aromatic rings. The van der Waals surface area contributed by atoms with Gasteiger partial charge in [0.25, 0.3) is 0 Å². The number of hydrogen-bond acceptors (Lipinski definition) is 2. The monoisotopic (exact) mass is 266 g/mol. The second-order valence-corrected chi connectivity index (χ2v) is 7.73. The second-order valence-electron chi connectivity index (χ2n) is 7.73. The first-order chi connectivity index (χ1) is 8.89. The van der Waals surface area contributed by atoms with Gasteiger partial charge in [0.15, 0.2) is 0 Å². The quantitative estimate of drug-likeness (QED) is 0.804. The minimum atomic E-state index is 0.220. The summed E-state index contributed by atoms with van der Waals surface area (Å²) in [7, 11) is 0. The van der Waals surface area contributed by atoms with Gasteiger partial charge in [-0.25, -0.2) is 0 Å². The van der Waals surface area contributed by atoms with Crippen molar-refractivity contribution in [2.75, 3.05) is 6.54 Å². The summed E-state index contributed by atoms with van der Waals surface area (Å²) in [5.74, 6) is 2.17. The Hall–Kier alpha value is -0.570. The van der Waals surface area contributed by atoms with Crippen LogP contribution in [0.4, 0.5) is 0 Å². The third-order valence-corrected chi connectivity index (χ3v) is 4.74. The molecule has 110 valence electrons. The van der Waals surface area contributed by atoms with Gasteiger partial charge in [0.05, 0.1) is 0 Å².